The molecule has 0 amide bonds. The van der Waals surface area contributed by atoms with E-state index in [0.29, 0.717) is 30.1 Å². The summed E-state index contributed by atoms with van der Waals surface area (Å²) in [7, 11) is 1.59. The first-order valence-corrected chi connectivity index (χ1v) is 8.72. The van der Waals surface area contributed by atoms with E-state index < -0.39 is 0 Å². The van der Waals surface area contributed by atoms with Crippen LogP contribution in [0.4, 0.5) is 5.69 Å². The van der Waals surface area contributed by atoms with Gasteiger partial charge in [0.15, 0.2) is 0 Å². The van der Waals surface area contributed by atoms with Gasteiger partial charge in [0.1, 0.15) is 5.02 Å². The van der Waals surface area contributed by atoms with Gasteiger partial charge in [-0.15, -0.1) is 0 Å². The number of halogens is 1. The van der Waals surface area contributed by atoms with Gasteiger partial charge in [0, 0.05) is 18.4 Å². The number of hydrogen-bond donors (Lipinski definition) is 1. The molecule has 1 saturated carbocycles. The Balaban J connectivity index is 2.10. The minimum atomic E-state index is -0.267. The van der Waals surface area contributed by atoms with E-state index in [9.17, 15) is 4.79 Å². The monoisotopic (exact) mass is 331 g/mol. The van der Waals surface area contributed by atoms with Crippen LogP contribution in [0.2, 0.25) is 5.02 Å². The number of rotatable bonds is 7. The number of methoxy groups -OCH3 is 1. The number of thioether (sulfide) groups is 1. The minimum absolute atomic E-state index is 0.216. The van der Waals surface area contributed by atoms with Gasteiger partial charge >= 0.3 is 0 Å². The third-order valence-electron chi connectivity index (χ3n) is 3.67. The highest BCUT2D eigenvalue weighted by Gasteiger charge is 2.27. The van der Waals surface area contributed by atoms with Gasteiger partial charge in [-0.05, 0) is 18.6 Å². The molecule has 2 atom stereocenters. The van der Waals surface area contributed by atoms with Gasteiger partial charge in [-0.3, -0.25) is 4.79 Å². The third kappa shape index (κ3) is 4.14. The summed E-state index contributed by atoms with van der Waals surface area (Å²) in [6.07, 6.45) is 5.18. The highest BCUT2D eigenvalue weighted by atomic mass is 35.5. The van der Waals surface area contributed by atoms with Gasteiger partial charge in [-0.25, -0.2) is 4.68 Å². The highest BCUT2D eigenvalue weighted by Crippen LogP contribution is 2.32. The predicted octanol–water partition coefficient (Wildman–Crippen LogP) is 2.63. The summed E-state index contributed by atoms with van der Waals surface area (Å²) in [5.74, 6) is 1.10. The fourth-order valence-corrected chi connectivity index (χ4v) is 4.01. The van der Waals surface area contributed by atoms with E-state index >= 15 is 0 Å². The molecule has 0 aromatic carbocycles. The molecule has 7 heteroatoms. The van der Waals surface area contributed by atoms with Crippen LogP contribution < -0.4 is 10.9 Å². The van der Waals surface area contributed by atoms with Gasteiger partial charge in [-0.2, -0.15) is 16.9 Å². The van der Waals surface area contributed by atoms with Crippen molar-refractivity contribution in [2.75, 3.05) is 24.8 Å². The SMILES string of the molecule is CCSC1CCCC1Nc1cnn(CCOC)c(=O)c1Cl. The van der Waals surface area contributed by atoms with Crippen molar-refractivity contribution >= 4 is 29.1 Å². The van der Waals surface area contributed by atoms with Crippen LogP contribution in [-0.4, -0.2) is 40.5 Å². The van der Waals surface area contributed by atoms with Crippen LogP contribution in [-0.2, 0) is 11.3 Å². The summed E-state index contributed by atoms with van der Waals surface area (Å²) < 4.78 is 6.30. The zero-order valence-corrected chi connectivity index (χ0v) is 14.0. The number of ether oxygens (including phenoxy) is 1. The quantitative estimate of drug-likeness (QED) is 0.832. The Kier molecular flexibility index (Phi) is 6.39. The molecular formula is C14H22ClN3O2S. The van der Waals surface area contributed by atoms with Crippen molar-refractivity contribution in [2.24, 2.45) is 0 Å². The van der Waals surface area contributed by atoms with E-state index in [1.54, 1.807) is 13.3 Å². The fraction of sp³-hybridized carbons (Fsp3) is 0.714. The molecule has 0 aliphatic heterocycles. The Morgan fingerprint density at radius 2 is 2.38 bits per heavy atom. The Morgan fingerprint density at radius 3 is 3.10 bits per heavy atom. The van der Waals surface area contributed by atoms with Crippen LogP contribution in [0, 0.1) is 0 Å². The zero-order chi connectivity index (χ0) is 15.2. The van der Waals surface area contributed by atoms with Crippen LogP contribution in [0.15, 0.2) is 11.0 Å². The molecule has 0 radical (unpaired) electrons. The van der Waals surface area contributed by atoms with E-state index in [2.05, 4.69) is 17.3 Å². The van der Waals surface area contributed by atoms with Crippen LogP contribution in [0.3, 0.4) is 0 Å². The Morgan fingerprint density at radius 1 is 1.57 bits per heavy atom. The van der Waals surface area contributed by atoms with E-state index in [-0.39, 0.29) is 10.6 Å². The molecule has 1 N–H and O–H groups in total. The topological polar surface area (TPSA) is 56.1 Å². The molecule has 21 heavy (non-hydrogen) atoms. The first kappa shape index (κ1) is 16.6. The standard InChI is InChI=1S/C14H22ClN3O2S/c1-3-21-12-6-4-5-10(12)17-11-9-16-18(7-8-20-2)14(19)13(11)15/h9-10,12,17H,3-8H2,1-2H3. The number of anilines is 1. The molecule has 0 saturated heterocycles. The second kappa shape index (κ2) is 8.06. The normalized spacial score (nSPS) is 21.7. The molecule has 1 aliphatic rings. The van der Waals surface area contributed by atoms with E-state index in [0.717, 1.165) is 12.2 Å². The molecule has 2 unspecified atom stereocenters. The lowest BCUT2D eigenvalue weighted by Gasteiger charge is -2.21. The van der Waals surface area contributed by atoms with Crippen LogP contribution in [0.5, 0.6) is 0 Å². The second-order valence-corrected chi connectivity index (χ2v) is 6.96. The van der Waals surface area contributed by atoms with Crippen molar-refractivity contribution in [1.29, 1.82) is 0 Å². The lowest BCUT2D eigenvalue weighted by atomic mass is 10.2. The van der Waals surface area contributed by atoms with E-state index in [4.69, 9.17) is 16.3 Å². The summed E-state index contributed by atoms with van der Waals surface area (Å²) in [6, 6.07) is 0.364. The van der Waals surface area contributed by atoms with Crippen LogP contribution in [0.1, 0.15) is 26.2 Å². The lowest BCUT2D eigenvalue weighted by Crippen LogP contribution is -2.30. The predicted molar refractivity (Wildman–Crippen MR) is 88.6 cm³/mol. The number of nitrogens with zero attached hydrogens (tertiary/aromatic N) is 2. The van der Waals surface area contributed by atoms with E-state index in [1.807, 2.05) is 11.8 Å². The van der Waals surface area contributed by atoms with Crippen molar-refractivity contribution < 1.29 is 4.74 Å². The Labute approximate surface area is 134 Å². The van der Waals surface area contributed by atoms with Gasteiger partial charge < -0.3 is 10.1 Å². The average molecular weight is 332 g/mol. The van der Waals surface area contributed by atoms with Gasteiger partial charge in [0.2, 0.25) is 0 Å². The summed E-state index contributed by atoms with van der Waals surface area (Å²) >= 11 is 8.16. The first-order chi connectivity index (χ1) is 10.2. The highest BCUT2D eigenvalue weighted by molar-refractivity contribution is 7.99. The Bertz CT molecular complexity index is 523. The third-order valence-corrected chi connectivity index (χ3v) is 5.36. The zero-order valence-electron chi connectivity index (χ0n) is 12.5. The average Bonchev–Trinajstić information content (AvgIpc) is 2.91. The number of aromatic nitrogens is 2. The number of hydrogen-bond acceptors (Lipinski definition) is 5. The molecule has 1 aliphatic carbocycles. The van der Waals surface area contributed by atoms with E-state index in [1.165, 1.54) is 17.5 Å². The maximum Gasteiger partial charge on any atom is 0.287 e. The molecule has 0 bridgehead atoms. The molecule has 118 valence electrons. The smallest absolute Gasteiger partial charge is 0.287 e. The largest absolute Gasteiger partial charge is 0.383 e. The van der Waals surface area contributed by atoms with Crippen molar-refractivity contribution in [2.45, 2.75) is 44.0 Å². The minimum Gasteiger partial charge on any atom is -0.383 e. The fourth-order valence-electron chi connectivity index (χ4n) is 2.61. The van der Waals surface area contributed by atoms with Gasteiger partial charge in [-0.1, -0.05) is 24.9 Å². The second-order valence-electron chi connectivity index (χ2n) is 5.07. The van der Waals surface area contributed by atoms with Gasteiger partial charge in [0.25, 0.3) is 5.56 Å². The van der Waals surface area contributed by atoms with Crippen LogP contribution in [0.25, 0.3) is 0 Å². The molecule has 1 aromatic rings. The van der Waals surface area contributed by atoms with Crippen LogP contribution >= 0.6 is 23.4 Å². The summed E-state index contributed by atoms with van der Waals surface area (Å²) in [4.78, 5) is 12.1. The first-order valence-electron chi connectivity index (χ1n) is 7.30. The summed E-state index contributed by atoms with van der Waals surface area (Å²) in [5.41, 5.74) is 0.375. The van der Waals surface area contributed by atoms with Crippen molar-refractivity contribution in [3.05, 3.63) is 21.6 Å². The van der Waals surface area contributed by atoms with Gasteiger partial charge in [0.05, 0.1) is 25.0 Å². The maximum absolute atomic E-state index is 12.1. The Hall–Kier alpha value is -0.720. The molecule has 5 nitrogen and oxygen atoms in total. The molecule has 1 fully saturated rings. The molecule has 1 aromatic heterocycles. The molecule has 2 rings (SSSR count). The van der Waals surface area contributed by atoms with Crippen molar-refractivity contribution in [1.82, 2.24) is 9.78 Å². The maximum atomic E-state index is 12.1. The summed E-state index contributed by atoms with van der Waals surface area (Å²) in [6.45, 7) is 3.02. The lowest BCUT2D eigenvalue weighted by molar-refractivity contribution is 0.182. The van der Waals surface area contributed by atoms with Crippen molar-refractivity contribution in [3.8, 4) is 0 Å². The molecular weight excluding hydrogens is 310 g/mol. The molecule has 1 heterocycles. The number of nitrogens with one attached hydrogen (secondary N) is 1. The van der Waals surface area contributed by atoms with Crippen molar-refractivity contribution in [3.63, 3.8) is 0 Å². The molecule has 0 spiro atoms. The summed E-state index contributed by atoms with van der Waals surface area (Å²) in [5, 5.41) is 8.37.